The molecule has 0 radical (unpaired) electrons. The van der Waals surface area contributed by atoms with E-state index in [0.29, 0.717) is 11.3 Å². The van der Waals surface area contributed by atoms with Crippen molar-refractivity contribution >= 4 is 17.5 Å². The summed E-state index contributed by atoms with van der Waals surface area (Å²) < 4.78 is 39.1. The number of nitrogens with two attached hydrogens (primary N) is 1. The molecule has 0 unspecified atom stereocenters. The van der Waals surface area contributed by atoms with Crippen molar-refractivity contribution in [3.63, 3.8) is 0 Å². The fourth-order valence-electron chi connectivity index (χ4n) is 3.99. The molecule has 3 rings (SSSR count). The van der Waals surface area contributed by atoms with E-state index in [9.17, 15) is 18.4 Å². The number of amides is 2. The Morgan fingerprint density at radius 3 is 2.72 bits per heavy atom. The van der Waals surface area contributed by atoms with Crippen molar-refractivity contribution in [1.29, 1.82) is 0 Å². The summed E-state index contributed by atoms with van der Waals surface area (Å²) in [5, 5.41) is 2.72. The van der Waals surface area contributed by atoms with Crippen LogP contribution < -0.4 is 15.8 Å². The minimum absolute atomic E-state index is 0.00233. The number of nitrogens with one attached hydrogen (secondary N) is 1. The van der Waals surface area contributed by atoms with Crippen LogP contribution in [0, 0.1) is 23.5 Å². The fraction of sp³-hybridized carbons (Fsp3) is 0.348. The second kappa shape index (κ2) is 9.04. The van der Waals surface area contributed by atoms with Crippen LogP contribution >= 0.6 is 0 Å². The standard InChI is InChI=1S/C23H25F2N3O4/c1-5-23(3)12(2)15(10-13-6-7-16(24)18(25)19(13)31-4)20(32-23)22(30)28-14-8-9-27-17(11-14)21(26)29/h5-9,11-12,15,20H,1,10H2,2-4H3,(H2,26,29)(H,27,28,30)/t12-,15+,20+,23-/m0/s1. The number of hydrogen-bond donors (Lipinski definition) is 2. The molecule has 4 atom stereocenters. The maximum atomic E-state index is 14.2. The van der Waals surface area contributed by atoms with Gasteiger partial charge in [-0.3, -0.25) is 14.6 Å². The topological polar surface area (TPSA) is 104 Å². The Hall–Kier alpha value is -3.33. The zero-order valence-electron chi connectivity index (χ0n) is 18.0. The number of pyridine rings is 1. The second-order valence-corrected chi connectivity index (χ2v) is 7.92. The van der Waals surface area contributed by atoms with Gasteiger partial charge in [-0.1, -0.05) is 19.1 Å². The number of methoxy groups -OCH3 is 1. The maximum Gasteiger partial charge on any atom is 0.267 e. The summed E-state index contributed by atoms with van der Waals surface area (Å²) in [6.07, 6.45) is 2.24. The van der Waals surface area contributed by atoms with E-state index in [-0.39, 0.29) is 23.8 Å². The van der Waals surface area contributed by atoms with Gasteiger partial charge in [0.05, 0.1) is 12.7 Å². The van der Waals surface area contributed by atoms with Crippen LogP contribution in [0.5, 0.6) is 5.75 Å². The van der Waals surface area contributed by atoms with E-state index in [4.69, 9.17) is 15.2 Å². The number of primary amides is 1. The molecule has 1 aromatic carbocycles. The highest BCUT2D eigenvalue weighted by atomic mass is 19.2. The SMILES string of the molecule is C=C[C@]1(C)O[C@@H](C(=O)Nc2ccnc(C(N)=O)c2)[C@H](Cc2ccc(F)c(F)c2OC)[C@@H]1C. The van der Waals surface area contributed by atoms with E-state index < -0.39 is 41.1 Å². The first-order chi connectivity index (χ1) is 15.1. The summed E-state index contributed by atoms with van der Waals surface area (Å²) >= 11 is 0. The molecule has 7 nitrogen and oxygen atoms in total. The average molecular weight is 445 g/mol. The number of ether oxygens (including phenoxy) is 2. The van der Waals surface area contributed by atoms with E-state index in [1.54, 1.807) is 6.08 Å². The van der Waals surface area contributed by atoms with Crippen LogP contribution in [0.4, 0.5) is 14.5 Å². The first-order valence-corrected chi connectivity index (χ1v) is 10.00. The number of anilines is 1. The largest absolute Gasteiger partial charge is 0.493 e. The van der Waals surface area contributed by atoms with Crippen LogP contribution in [-0.2, 0) is 16.0 Å². The fourth-order valence-corrected chi connectivity index (χ4v) is 3.99. The van der Waals surface area contributed by atoms with Gasteiger partial charge < -0.3 is 20.5 Å². The quantitative estimate of drug-likeness (QED) is 0.637. The molecular weight excluding hydrogens is 420 g/mol. The Morgan fingerprint density at radius 2 is 2.09 bits per heavy atom. The Bertz CT molecular complexity index is 1060. The van der Waals surface area contributed by atoms with Gasteiger partial charge in [0.2, 0.25) is 5.82 Å². The third-order valence-corrected chi connectivity index (χ3v) is 6.05. The van der Waals surface area contributed by atoms with Crippen LogP contribution in [0.1, 0.15) is 29.9 Å². The number of carbonyl (C=O) groups is 2. The second-order valence-electron chi connectivity index (χ2n) is 7.92. The van der Waals surface area contributed by atoms with Gasteiger partial charge in [-0.15, -0.1) is 6.58 Å². The number of halogens is 2. The molecule has 0 spiro atoms. The van der Waals surface area contributed by atoms with Crippen LogP contribution in [0.2, 0.25) is 0 Å². The van der Waals surface area contributed by atoms with Crippen LogP contribution in [-0.4, -0.2) is 35.6 Å². The maximum absolute atomic E-state index is 14.2. The van der Waals surface area contributed by atoms with E-state index in [2.05, 4.69) is 16.9 Å². The van der Waals surface area contributed by atoms with Crippen molar-refractivity contribution in [1.82, 2.24) is 4.98 Å². The molecule has 2 heterocycles. The van der Waals surface area contributed by atoms with E-state index in [1.807, 2.05) is 13.8 Å². The lowest BCUT2D eigenvalue weighted by Crippen LogP contribution is -2.35. The van der Waals surface area contributed by atoms with Crippen molar-refractivity contribution < 1.29 is 27.8 Å². The molecule has 1 aliphatic rings. The lowest BCUT2D eigenvalue weighted by molar-refractivity contribution is -0.130. The highest BCUT2D eigenvalue weighted by Gasteiger charge is 2.51. The summed E-state index contributed by atoms with van der Waals surface area (Å²) in [7, 11) is 1.26. The van der Waals surface area contributed by atoms with Gasteiger partial charge >= 0.3 is 0 Å². The molecule has 3 N–H and O–H groups in total. The predicted octanol–water partition coefficient (Wildman–Crippen LogP) is 3.24. The Balaban J connectivity index is 1.92. The van der Waals surface area contributed by atoms with Gasteiger partial charge in [0, 0.05) is 17.8 Å². The Labute approximate surface area is 184 Å². The van der Waals surface area contributed by atoms with Crippen LogP contribution in [0.3, 0.4) is 0 Å². The van der Waals surface area contributed by atoms with Crippen molar-refractivity contribution in [3.05, 3.63) is 66.0 Å². The van der Waals surface area contributed by atoms with Crippen molar-refractivity contribution in [3.8, 4) is 5.75 Å². The number of rotatable bonds is 7. The normalized spacial score (nSPS) is 24.7. The Morgan fingerprint density at radius 1 is 1.38 bits per heavy atom. The molecule has 32 heavy (non-hydrogen) atoms. The molecular formula is C23H25F2N3O4. The number of benzene rings is 1. The number of carbonyl (C=O) groups excluding carboxylic acids is 2. The molecule has 0 bridgehead atoms. The van der Waals surface area contributed by atoms with E-state index in [0.717, 1.165) is 6.07 Å². The summed E-state index contributed by atoms with van der Waals surface area (Å²) in [6.45, 7) is 7.54. The molecule has 1 aromatic heterocycles. The monoisotopic (exact) mass is 445 g/mol. The highest BCUT2D eigenvalue weighted by Crippen LogP contribution is 2.44. The third-order valence-electron chi connectivity index (χ3n) is 6.05. The van der Waals surface area contributed by atoms with Crippen molar-refractivity contribution in [2.45, 2.75) is 32.0 Å². The van der Waals surface area contributed by atoms with Crippen molar-refractivity contribution in [2.24, 2.45) is 17.6 Å². The smallest absolute Gasteiger partial charge is 0.267 e. The minimum atomic E-state index is -1.08. The van der Waals surface area contributed by atoms with E-state index >= 15 is 0 Å². The van der Waals surface area contributed by atoms with Crippen LogP contribution in [0.15, 0.2) is 43.1 Å². The molecule has 0 saturated carbocycles. The lowest BCUT2D eigenvalue weighted by Gasteiger charge is -2.26. The number of aromatic nitrogens is 1. The summed E-state index contributed by atoms with van der Waals surface area (Å²) in [4.78, 5) is 28.4. The van der Waals surface area contributed by atoms with E-state index in [1.165, 1.54) is 31.5 Å². The minimum Gasteiger partial charge on any atom is -0.493 e. The molecule has 2 aromatic rings. The van der Waals surface area contributed by atoms with Crippen molar-refractivity contribution in [2.75, 3.05) is 12.4 Å². The molecule has 1 fully saturated rings. The van der Waals surface area contributed by atoms with Gasteiger partial charge in [0.25, 0.3) is 11.8 Å². The molecule has 1 saturated heterocycles. The van der Waals surface area contributed by atoms with Gasteiger partial charge in [-0.25, -0.2) is 4.39 Å². The zero-order chi connectivity index (χ0) is 23.6. The summed E-state index contributed by atoms with van der Waals surface area (Å²) in [5.41, 5.74) is 5.16. The van der Waals surface area contributed by atoms with Gasteiger partial charge in [-0.2, -0.15) is 4.39 Å². The first kappa shape index (κ1) is 23.3. The predicted molar refractivity (Wildman–Crippen MR) is 114 cm³/mol. The van der Waals surface area contributed by atoms with Gasteiger partial charge in [0.1, 0.15) is 11.8 Å². The average Bonchev–Trinajstić information content (AvgIpc) is 3.02. The number of nitrogens with zero attached hydrogens (tertiary/aromatic N) is 1. The van der Waals surface area contributed by atoms with Gasteiger partial charge in [-0.05, 0) is 43.0 Å². The Kier molecular flexibility index (Phi) is 6.59. The highest BCUT2D eigenvalue weighted by molar-refractivity contribution is 5.97. The summed E-state index contributed by atoms with van der Waals surface area (Å²) in [6, 6.07) is 5.34. The lowest BCUT2D eigenvalue weighted by atomic mass is 9.78. The third kappa shape index (κ3) is 4.34. The first-order valence-electron chi connectivity index (χ1n) is 10.00. The molecule has 170 valence electrons. The number of hydrogen-bond acceptors (Lipinski definition) is 5. The molecule has 2 amide bonds. The summed E-state index contributed by atoms with van der Waals surface area (Å²) in [5.74, 6) is -4.09. The zero-order valence-corrected chi connectivity index (χ0v) is 18.0. The van der Waals surface area contributed by atoms with Gasteiger partial charge in [0.15, 0.2) is 11.6 Å². The molecule has 0 aliphatic carbocycles. The molecule has 9 heteroatoms. The van der Waals surface area contributed by atoms with Crippen LogP contribution in [0.25, 0.3) is 0 Å². The molecule has 1 aliphatic heterocycles.